The van der Waals surface area contributed by atoms with Gasteiger partial charge in [-0.25, -0.2) is 9.59 Å². The van der Waals surface area contributed by atoms with Gasteiger partial charge in [0.2, 0.25) is 5.78 Å². The van der Waals surface area contributed by atoms with E-state index in [0.717, 1.165) is 16.5 Å². The van der Waals surface area contributed by atoms with Crippen molar-refractivity contribution in [3.05, 3.63) is 71.9 Å². The first-order valence-corrected chi connectivity index (χ1v) is 8.86. The van der Waals surface area contributed by atoms with E-state index >= 15 is 0 Å². The van der Waals surface area contributed by atoms with Gasteiger partial charge in [0.25, 0.3) is 0 Å². The molecule has 0 aliphatic carbocycles. The molecule has 3 aromatic rings. The highest BCUT2D eigenvalue weighted by Crippen LogP contribution is 2.20. The number of primary amides is 1. The Balaban J connectivity index is 1.72. The second-order valence-electron chi connectivity index (χ2n) is 6.44. The molecule has 0 saturated carbocycles. The number of carbonyl (C=O) groups excluding carboxylic acids is 3. The number of H-pyrrole nitrogens is 1. The molecule has 144 valence electrons. The number of amides is 2. The number of hydrogen-bond donors (Lipinski definition) is 3. The molecule has 2 aromatic carbocycles. The Kier molecular flexibility index (Phi) is 5.74. The van der Waals surface area contributed by atoms with E-state index in [0.29, 0.717) is 5.56 Å². The minimum absolute atomic E-state index is 0.205. The van der Waals surface area contributed by atoms with E-state index in [1.54, 1.807) is 6.20 Å². The number of fused-ring (bicyclic) bond motifs is 1. The van der Waals surface area contributed by atoms with Crippen molar-refractivity contribution in [2.75, 3.05) is 0 Å². The maximum Gasteiger partial charge on any atom is 0.329 e. The van der Waals surface area contributed by atoms with Crippen LogP contribution >= 0.6 is 0 Å². The number of rotatable bonds is 7. The lowest BCUT2D eigenvalue weighted by Gasteiger charge is -2.19. The molecule has 7 heteroatoms. The quantitative estimate of drug-likeness (QED) is 0.432. The number of nitrogens with two attached hydrogens (primary N) is 1. The van der Waals surface area contributed by atoms with E-state index in [9.17, 15) is 14.4 Å². The minimum atomic E-state index is -1.01. The summed E-state index contributed by atoms with van der Waals surface area (Å²) in [5, 5.41) is 3.14. The molecule has 1 aromatic heterocycles. The van der Waals surface area contributed by atoms with Crippen molar-refractivity contribution in [3.8, 4) is 0 Å². The number of ether oxygens (including phenoxy) is 1. The number of urea groups is 1. The Labute approximate surface area is 161 Å². The highest BCUT2D eigenvalue weighted by molar-refractivity contribution is 6.10. The van der Waals surface area contributed by atoms with Crippen LogP contribution in [0.5, 0.6) is 0 Å². The minimum Gasteiger partial charge on any atom is -0.453 e. The molecule has 2 atom stereocenters. The number of para-hydroxylation sites is 1. The fourth-order valence-corrected chi connectivity index (χ4v) is 3.02. The summed E-state index contributed by atoms with van der Waals surface area (Å²) in [6.07, 6.45) is 0.788. The predicted molar refractivity (Wildman–Crippen MR) is 105 cm³/mol. The van der Waals surface area contributed by atoms with Crippen molar-refractivity contribution in [1.82, 2.24) is 10.3 Å². The molecule has 0 spiro atoms. The van der Waals surface area contributed by atoms with E-state index in [1.807, 2.05) is 54.6 Å². The van der Waals surface area contributed by atoms with Gasteiger partial charge in [0.1, 0.15) is 6.04 Å². The first-order chi connectivity index (χ1) is 13.5. The SMILES string of the molecule is CC(OC(=O)C(Cc1ccccc1)NC(N)=O)C(=O)c1c[nH]c2ccccc12. The molecule has 0 bridgehead atoms. The topological polar surface area (TPSA) is 114 Å². The third-order valence-electron chi connectivity index (χ3n) is 4.40. The van der Waals surface area contributed by atoms with Crippen LogP contribution < -0.4 is 11.1 Å². The lowest BCUT2D eigenvalue weighted by molar-refractivity contribution is -0.148. The molecule has 0 fully saturated rings. The van der Waals surface area contributed by atoms with Gasteiger partial charge in [0.05, 0.1) is 0 Å². The van der Waals surface area contributed by atoms with Crippen molar-refractivity contribution in [2.24, 2.45) is 5.73 Å². The predicted octanol–water partition coefficient (Wildman–Crippen LogP) is 2.56. The lowest BCUT2D eigenvalue weighted by atomic mass is 10.0. The number of aromatic amines is 1. The summed E-state index contributed by atoms with van der Waals surface area (Å²) in [4.78, 5) is 39.6. The van der Waals surface area contributed by atoms with Crippen molar-refractivity contribution >= 4 is 28.7 Å². The average Bonchev–Trinajstić information content (AvgIpc) is 3.11. The summed E-state index contributed by atoms with van der Waals surface area (Å²) < 4.78 is 5.35. The second kappa shape index (κ2) is 8.39. The molecule has 7 nitrogen and oxygen atoms in total. The Morgan fingerprint density at radius 3 is 2.46 bits per heavy atom. The zero-order valence-electron chi connectivity index (χ0n) is 15.3. The van der Waals surface area contributed by atoms with E-state index < -0.39 is 24.1 Å². The zero-order chi connectivity index (χ0) is 20.1. The number of ketones is 1. The van der Waals surface area contributed by atoms with Crippen molar-refractivity contribution in [1.29, 1.82) is 0 Å². The molecule has 1 heterocycles. The number of Topliss-reactive ketones (excluding diaryl/α,β-unsaturated/α-hetero) is 1. The first-order valence-electron chi connectivity index (χ1n) is 8.86. The van der Waals surface area contributed by atoms with E-state index in [2.05, 4.69) is 10.3 Å². The van der Waals surface area contributed by atoms with Crippen molar-refractivity contribution < 1.29 is 19.1 Å². The van der Waals surface area contributed by atoms with Crippen LogP contribution in [-0.4, -0.2) is 34.9 Å². The summed E-state index contributed by atoms with van der Waals surface area (Å²) in [6, 6.07) is 14.7. The van der Waals surface area contributed by atoms with Crippen LogP contribution in [0.1, 0.15) is 22.8 Å². The number of aromatic nitrogens is 1. The summed E-state index contributed by atoms with van der Waals surface area (Å²) in [7, 11) is 0. The molecule has 2 amide bonds. The van der Waals surface area contributed by atoms with Crippen LogP contribution in [0.4, 0.5) is 4.79 Å². The lowest BCUT2D eigenvalue weighted by Crippen LogP contribution is -2.47. The molecule has 0 saturated heterocycles. The van der Waals surface area contributed by atoms with Gasteiger partial charge in [-0.05, 0) is 18.6 Å². The molecular weight excluding hydrogens is 358 g/mol. The molecule has 0 radical (unpaired) electrons. The monoisotopic (exact) mass is 379 g/mol. The number of esters is 1. The second-order valence-corrected chi connectivity index (χ2v) is 6.44. The van der Waals surface area contributed by atoms with Crippen LogP contribution in [0, 0.1) is 0 Å². The Morgan fingerprint density at radius 1 is 1.07 bits per heavy atom. The van der Waals surface area contributed by atoms with Gasteiger partial charge < -0.3 is 20.8 Å². The van der Waals surface area contributed by atoms with Crippen molar-refractivity contribution in [3.63, 3.8) is 0 Å². The first kappa shape index (κ1) is 19.2. The number of nitrogens with one attached hydrogen (secondary N) is 2. The van der Waals surface area contributed by atoms with Gasteiger partial charge in [0.15, 0.2) is 6.10 Å². The largest absolute Gasteiger partial charge is 0.453 e. The molecule has 0 aliphatic heterocycles. The summed E-state index contributed by atoms with van der Waals surface area (Å²) >= 11 is 0. The Morgan fingerprint density at radius 2 is 1.75 bits per heavy atom. The van der Waals surface area contributed by atoms with Crippen LogP contribution in [0.25, 0.3) is 10.9 Å². The summed E-state index contributed by atoms with van der Waals surface area (Å²) in [5.41, 5.74) is 7.28. The van der Waals surface area contributed by atoms with Gasteiger partial charge in [-0.3, -0.25) is 4.79 Å². The van der Waals surface area contributed by atoms with Crippen LogP contribution in [0.3, 0.4) is 0 Å². The smallest absolute Gasteiger partial charge is 0.329 e. The van der Waals surface area contributed by atoms with Crippen molar-refractivity contribution in [2.45, 2.75) is 25.5 Å². The van der Waals surface area contributed by atoms with E-state index in [4.69, 9.17) is 10.5 Å². The molecule has 0 aliphatic rings. The van der Waals surface area contributed by atoms with Gasteiger partial charge >= 0.3 is 12.0 Å². The van der Waals surface area contributed by atoms with Crippen LogP contribution in [0.2, 0.25) is 0 Å². The maximum absolute atomic E-state index is 12.7. The summed E-state index contributed by atoms with van der Waals surface area (Å²) in [5.74, 6) is -1.05. The molecule has 28 heavy (non-hydrogen) atoms. The Bertz CT molecular complexity index is 997. The normalized spacial score (nSPS) is 12.9. The molecule has 4 N–H and O–H groups in total. The van der Waals surface area contributed by atoms with E-state index in [1.165, 1.54) is 6.92 Å². The maximum atomic E-state index is 12.7. The fraction of sp³-hybridized carbons (Fsp3) is 0.190. The van der Waals surface area contributed by atoms with Gasteiger partial charge in [-0.1, -0.05) is 48.5 Å². The third kappa shape index (κ3) is 4.37. The number of hydrogen-bond acceptors (Lipinski definition) is 4. The molecule has 2 unspecified atom stereocenters. The van der Waals surface area contributed by atoms with Gasteiger partial charge in [-0.2, -0.15) is 0 Å². The highest BCUT2D eigenvalue weighted by atomic mass is 16.5. The van der Waals surface area contributed by atoms with Crippen LogP contribution in [-0.2, 0) is 16.0 Å². The van der Waals surface area contributed by atoms with Gasteiger partial charge in [-0.15, -0.1) is 0 Å². The fourth-order valence-electron chi connectivity index (χ4n) is 3.02. The average molecular weight is 379 g/mol. The standard InChI is InChI=1S/C21H21N3O4/c1-13(19(25)16-12-23-17-10-6-5-9-15(16)17)28-20(26)18(24-21(22)27)11-14-7-3-2-4-8-14/h2-10,12-13,18,23H,11H2,1H3,(H3,22,24,27). The zero-order valence-corrected chi connectivity index (χ0v) is 15.3. The van der Waals surface area contributed by atoms with Gasteiger partial charge in [0, 0.05) is 29.1 Å². The summed E-state index contributed by atoms with van der Waals surface area (Å²) in [6.45, 7) is 1.51. The van der Waals surface area contributed by atoms with Crippen LogP contribution in [0.15, 0.2) is 60.8 Å². The number of carbonyl (C=O) groups is 3. The Hall–Kier alpha value is -3.61. The third-order valence-corrected chi connectivity index (χ3v) is 4.40. The highest BCUT2D eigenvalue weighted by Gasteiger charge is 2.27. The number of benzene rings is 2. The molecular formula is C21H21N3O4. The molecule has 3 rings (SSSR count). The van der Waals surface area contributed by atoms with E-state index in [-0.39, 0.29) is 12.2 Å².